The van der Waals surface area contributed by atoms with Gasteiger partial charge >= 0.3 is 5.97 Å². The highest BCUT2D eigenvalue weighted by atomic mass is 16.6. The Kier molecular flexibility index (Phi) is 7.31. The summed E-state index contributed by atoms with van der Waals surface area (Å²) in [4.78, 5) is 27.9. The number of nitro groups is 1. The van der Waals surface area contributed by atoms with Crippen molar-refractivity contribution in [3.63, 3.8) is 0 Å². The van der Waals surface area contributed by atoms with E-state index in [0.29, 0.717) is 45.1 Å². The van der Waals surface area contributed by atoms with Crippen LogP contribution in [0.3, 0.4) is 0 Å². The van der Waals surface area contributed by atoms with Gasteiger partial charge in [0.15, 0.2) is 0 Å². The molecule has 2 aliphatic rings. The first-order valence-electron chi connectivity index (χ1n) is 10.8. The van der Waals surface area contributed by atoms with E-state index >= 15 is 0 Å². The third kappa shape index (κ3) is 5.61. The van der Waals surface area contributed by atoms with Crippen molar-refractivity contribution in [2.45, 2.75) is 12.6 Å². The van der Waals surface area contributed by atoms with E-state index in [1.165, 1.54) is 17.7 Å². The minimum absolute atomic E-state index is 0.0926. The number of carbonyl (C=O) groups excluding carboxylic acids is 1. The first-order chi connectivity index (χ1) is 15.6. The third-order valence-electron chi connectivity index (χ3n) is 5.63. The zero-order chi connectivity index (χ0) is 22.3. The number of anilines is 1. The molecule has 0 radical (unpaired) electrons. The maximum atomic E-state index is 12.9. The van der Waals surface area contributed by atoms with Gasteiger partial charge in [-0.15, -0.1) is 0 Å². The van der Waals surface area contributed by atoms with Crippen LogP contribution in [0.5, 0.6) is 0 Å². The summed E-state index contributed by atoms with van der Waals surface area (Å²) in [5, 5.41) is 11.2. The summed E-state index contributed by atoms with van der Waals surface area (Å²) < 4.78 is 16.7. The zero-order valence-corrected chi connectivity index (χ0v) is 17.9. The van der Waals surface area contributed by atoms with Gasteiger partial charge in [-0.25, -0.2) is 4.79 Å². The molecule has 2 aliphatic heterocycles. The van der Waals surface area contributed by atoms with Crippen molar-refractivity contribution < 1.29 is 23.9 Å². The number of rotatable bonds is 7. The second-order valence-corrected chi connectivity index (χ2v) is 7.87. The molecule has 4 rings (SSSR count). The van der Waals surface area contributed by atoms with Crippen molar-refractivity contribution in [2.75, 3.05) is 57.5 Å². The van der Waals surface area contributed by atoms with Gasteiger partial charge in [0.1, 0.15) is 12.7 Å². The van der Waals surface area contributed by atoms with Gasteiger partial charge in [0.25, 0.3) is 5.69 Å². The number of ether oxygens (including phenoxy) is 3. The molecule has 0 aromatic heterocycles. The Hall–Kier alpha value is -3.01. The summed E-state index contributed by atoms with van der Waals surface area (Å²) in [5.74, 6) is -0.584. The van der Waals surface area contributed by atoms with E-state index in [4.69, 9.17) is 14.2 Å². The average Bonchev–Trinajstić information content (AvgIpc) is 2.83. The molecule has 2 heterocycles. The molecule has 2 aromatic carbocycles. The normalized spacial score (nSPS) is 19.5. The molecule has 0 amide bonds. The summed E-state index contributed by atoms with van der Waals surface area (Å²) >= 11 is 0. The van der Waals surface area contributed by atoms with Crippen molar-refractivity contribution in [1.82, 2.24) is 4.90 Å². The van der Waals surface area contributed by atoms with E-state index < -0.39 is 10.9 Å². The molecule has 2 fully saturated rings. The molecule has 2 saturated heterocycles. The molecule has 9 nitrogen and oxygen atoms in total. The van der Waals surface area contributed by atoms with Crippen LogP contribution in [0.15, 0.2) is 48.5 Å². The van der Waals surface area contributed by atoms with Crippen molar-refractivity contribution in [3.8, 4) is 0 Å². The van der Waals surface area contributed by atoms with Crippen LogP contribution in [0.1, 0.15) is 15.9 Å². The van der Waals surface area contributed by atoms with Gasteiger partial charge < -0.3 is 19.1 Å². The fourth-order valence-electron chi connectivity index (χ4n) is 3.99. The van der Waals surface area contributed by atoms with Crippen LogP contribution in [0, 0.1) is 10.1 Å². The van der Waals surface area contributed by atoms with Crippen molar-refractivity contribution >= 4 is 17.3 Å². The van der Waals surface area contributed by atoms with Crippen molar-refractivity contribution in [3.05, 3.63) is 69.8 Å². The highest BCUT2D eigenvalue weighted by Gasteiger charge is 2.26. The second kappa shape index (κ2) is 10.5. The Balaban J connectivity index is 1.40. The number of non-ortho nitro benzene ring substituents is 1. The predicted octanol–water partition coefficient (Wildman–Crippen LogP) is 2.49. The first kappa shape index (κ1) is 22.2. The van der Waals surface area contributed by atoms with E-state index in [-0.39, 0.29) is 24.0 Å². The molecule has 2 aromatic rings. The van der Waals surface area contributed by atoms with Gasteiger partial charge in [-0.2, -0.15) is 0 Å². The number of hydrogen-bond acceptors (Lipinski definition) is 8. The van der Waals surface area contributed by atoms with Crippen LogP contribution < -0.4 is 4.90 Å². The molecule has 0 aliphatic carbocycles. The van der Waals surface area contributed by atoms with Gasteiger partial charge in [-0.1, -0.05) is 30.3 Å². The molecular weight excluding hydrogens is 414 g/mol. The van der Waals surface area contributed by atoms with Gasteiger partial charge in [-0.05, 0) is 11.6 Å². The third-order valence-corrected chi connectivity index (χ3v) is 5.63. The number of esters is 1. The van der Waals surface area contributed by atoms with Crippen LogP contribution in [-0.4, -0.2) is 74.5 Å². The standard InChI is InChI=1S/C23H27N3O6/c27-23(21-14-19(26(28)29)6-7-22(21)25-9-11-30-12-10-25)32-17-20-16-24(8-13-31-20)15-18-4-2-1-3-5-18/h1-7,14,20H,8-13,15-17H2. The Morgan fingerprint density at radius 1 is 1.09 bits per heavy atom. The molecular formula is C23H27N3O6. The predicted molar refractivity (Wildman–Crippen MR) is 118 cm³/mol. The molecule has 0 spiro atoms. The van der Waals surface area contributed by atoms with E-state index in [2.05, 4.69) is 17.0 Å². The number of nitro benzene ring substituents is 1. The maximum Gasteiger partial charge on any atom is 0.340 e. The summed E-state index contributed by atoms with van der Waals surface area (Å²) in [6, 6.07) is 14.5. The quantitative estimate of drug-likeness (QED) is 0.368. The highest BCUT2D eigenvalue weighted by Crippen LogP contribution is 2.27. The molecule has 1 atom stereocenters. The topological polar surface area (TPSA) is 94.4 Å². The van der Waals surface area contributed by atoms with Crippen molar-refractivity contribution in [2.24, 2.45) is 0 Å². The van der Waals surface area contributed by atoms with Gasteiger partial charge in [0.2, 0.25) is 0 Å². The number of carbonyl (C=O) groups is 1. The van der Waals surface area contributed by atoms with Crippen molar-refractivity contribution in [1.29, 1.82) is 0 Å². The molecule has 1 unspecified atom stereocenters. The second-order valence-electron chi connectivity index (χ2n) is 7.87. The molecule has 0 saturated carbocycles. The van der Waals surface area contributed by atoms with Gasteiger partial charge in [-0.3, -0.25) is 15.0 Å². The summed E-state index contributed by atoms with van der Waals surface area (Å²) in [5.41, 5.74) is 1.89. The van der Waals surface area contributed by atoms with Gasteiger partial charge in [0.05, 0.1) is 36.0 Å². The summed E-state index contributed by atoms with van der Waals surface area (Å²) in [6.07, 6.45) is -0.248. The van der Waals surface area contributed by atoms with Gasteiger partial charge in [0, 0.05) is 44.9 Å². The Labute approximate surface area is 186 Å². The molecule has 32 heavy (non-hydrogen) atoms. The monoisotopic (exact) mass is 441 g/mol. The maximum absolute atomic E-state index is 12.9. The van der Waals surface area contributed by atoms with E-state index in [9.17, 15) is 14.9 Å². The smallest absolute Gasteiger partial charge is 0.340 e. The molecule has 170 valence electrons. The number of benzene rings is 2. The lowest BCUT2D eigenvalue weighted by Gasteiger charge is -2.33. The van der Waals surface area contributed by atoms with Crippen LogP contribution in [0.2, 0.25) is 0 Å². The Bertz CT molecular complexity index is 933. The van der Waals surface area contributed by atoms with E-state index in [0.717, 1.165) is 13.1 Å². The number of nitrogens with zero attached hydrogens (tertiary/aromatic N) is 3. The highest BCUT2D eigenvalue weighted by molar-refractivity contribution is 5.96. The molecule has 9 heteroatoms. The average molecular weight is 441 g/mol. The minimum Gasteiger partial charge on any atom is -0.459 e. The van der Waals surface area contributed by atoms with Crippen LogP contribution >= 0.6 is 0 Å². The van der Waals surface area contributed by atoms with Crippen LogP contribution in [-0.2, 0) is 20.8 Å². The van der Waals surface area contributed by atoms with E-state index in [1.54, 1.807) is 6.07 Å². The lowest BCUT2D eigenvalue weighted by Crippen LogP contribution is -2.44. The Morgan fingerprint density at radius 3 is 2.62 bits per heavy atom. The first-order valence-corrected chi connectivity index (χ1v) is 10.8. The molecule has 0 N–H and O–H groups in total. The number of morpholine rings is 2. The lowest BCUT2D eigenvalue weighted by atomic mass is 10.1. The fourth-order valence-corrected chi connectivity index (χ4v) is 3.99. The zero-order valence-electron chi connectivity index (χ0n) is 17.9. The van der Waals surface area contributed by atoms with E-state index in [1.807, 2.05) is 23.1 Å². The Morgan fingerprint density at radius 2 is 1.88 bits per heavy atom. The number of hydrogen-bond donors (Lipinski definition) is 0. The summed E-state index contributed by atoms with van der Waals surface area (Å²) in [6.45, 7) is 5.22. The SMILES string of the molecule is O=C(OCC1CN(Cc2ccccc2)CCO1)c1cc([N+](=O)[O-])ccc1N1CCOCC1. The van der Waals surface area contributed by atoms with Crippen LogP contribution in [0.25, 0.3) is 0 Å². The minimum atomic E-state index is -0.584. The lowest BCUT2D eigenvalue weighted by molar-refractivity contribution is -0.384. The summed E-state index contributed by atoms with van der Waals surface area (Å²) in [7, 11) is 0. The molecule has 0 bridgehead atoms. The largest absolute Gasteiger partial charge is 0.459 e. The van der Waals surface area contributed by atoms with Crippen LogP contribution in [0.4, 0.5) is 11.4 Å². The fraction of sp³-hybridized carbons (Fsp3) is 0.435.